The van der Waals surface area contributed by atoms with Gasteiger partial charge in [-0.05, 0) is 49.9 Å². The predicted octanol–water partition coefficient (Wildman–Crippen LogP) is 3.58. The molecule has 4 bridgehead atoms. The number of rotatable bonds is 1. The fourth-order valence-corrected chi connectivity index (χ4v) is 5.72. The van der Waals surface area contributed by atoms with Crippen LogP contribution >= 0.6 is 11.3 Å². The topological polar surface area (TPSA) is 38.9 Å². The molecule has 92 valence electrons. The molecule has 0 saturated heterocycles. The Labute approximate surface area is 107 Å². The van der Waals surface area contributed by atoms with E-state index in [9.17, 15) is 0 Å². The van der Waals surface area contributed by atoms with E-state index in [0.29, 0.717) is 5.41 Å². The molecule has 3 heteroatoms. The monoisotopic (exact) mass is 248 g/mol. The lowest BCUT2D eigenvalue weighted by Gasteiger charge is -2.47. The van der Waals surface area contributed by atoms with Crippen LogP contribution in [0.25, 0.3) is 0 Å². The average molecular weight is 248 g/mol. The molecule has 4 aliphatic carbocycles. The molecule has 5 rings (SSSR count). The number of anilines is 1. The van der Waals surface area contributed by atoms with Crippen molar-refractivity contribution >= 4 is 16.5 Å². The highest BCUT2D eigenvalue weighted by molar-refractivity contribution is 7.13. The Kier molecular flexibility index (Phi) is 2.11. The lowest BCUT2D eigenvalue weighted by Crippen LogP contribution is -2.41. The smallest absolute Gasteiger partial charge is 0.180 e. The van der Waals surface area contributed by atoms with Crippen LogP contribution in [-0.2, 0) is 5.41 Å². The Bertz CT molecular complexity index is 423. The third-order valence-electron chi connectivity index (χ3n) is 5.42. The van der Waals surface area contributed by atoms with Crippen molar-refractivity contribution in [1.29, 1.82) is 0 Å². The van der Waals surface area contributed by atoms with Gasteiger partial charge >= 0.3 is 0 Å². The summed E-state index contributed by atoms with van der Waals surface area (Å²) in [4.78, 5) is 4.64. The van der Waals surface area contributed by atoms with Crippen molar-refractivity contribution in [2.45, 2.75) is 50.4 Å². The minimum atomic E-state index is 0.418. The lowest BCUT2D eigenvalue weighted by molar-refractivity contribution is 0.0958. The van der Waals surface area contributed by atoms with Gasteiger partial charge in [-0.1, -0.05) is 12.8 Å². The first kappa shape index (κ1) is 10.4. The summed E-state index contributed by atoms with van der Waals surface area (Å²) in [5.41, 5.74) is 7.60. The summed E-state index contributed by atoms with van der Waals surface area (Å²) in [5.74, 6) is 2.94. The molecule has 4 aliphatic rings. The number of aromatic nitrogens is 1. The van der Waals surface area contributed by atoms with Crippen LogP contribution in [0.2, 0.25) is 0 Å². The summed E-state index contributed by atoms with van der Waals surface area (Å²) in [6.45, 7) is 0. The number of nitrogens with two attached hydrogens (primary N) is 1. The first-order valence-corrected chi connectivity index (χ1v) is 7.83. The Balaban J connectivity index is 1.77. The first-order chi connectivity index (χ1) is 8.23. The summed E-state index contributed by atoms with van der Waals surface area (Å²) in [5, 5.41) is 3.00. The van der Waals surface area contributed by atoms with Gasteiger partial charge < -0.3 is 5.73 Å². The van der Waals surface area contributed by atoms with Crippen molar-refractivity contribution in [3.05, 3.63) is 11.1 Å². The molecule has 17 heavy (non-hydrogen) atoms. The van der Waals surface area contributed by atoms with Gasteiger partial charge in [-0.3, -0.25) is 0 Å². The van der Waals surface area contributed by atoms with Crippen LogP contribution in [0.1, 0.15) is 50.6 Å². The van der Waals surface area contributed by atoms with Crippen molar-refractivity contribution in [2.24, 2.45) is 17.8 Å². The van der Waals surface area contributed by atoms with Crippen LogP contribution in [0.4, 0.5) is 5.13 Å². The predicted molar refractivity (Wildman–Crippen MR) is 71.0 cm³/mol. The van der Waals surface area contributed by atoms with Gasteiger partial charge in [-0.15, -0.1) is 11.3 Å². The molecule has 1 aromatic heterocycles. The van der Waals surface area contributed by atoms with E-state index in [1.165, 1.54) is 50.6 Å². The lowest BCUT2D eigenvalue weighted by atomic mass is 9.57. The van der Waals surface area contributed by atoms with Gasteiger partial charge in [-0.2, -0.15) is 0 Å². The van der Waals surface area contributed by atoms with Crippen LogP contribution in [0.15, 0.2) is 5.38 Å². The van der Waals surface area contributed by atoms with Gasteiger partial charge in [0, 0.05) is 10.8 Å². The van der Waals surface area contributed by atoms with E-state index in [2.05, 4.69) is 10.4 Å². The third-order valence-corrected chi connectivity index (χ3v) is 6.09. The number of hydrogen-bond acceptors (Lipinski definition) is 3. The number of nitrogen functional groups attached to an aromatic ring is 1. The largest absolute Gasteiger partial charge is 0.375 e. The maximum absolute atomic E-state index is 5.84. The highest BCUT2D eigenvalue weighted by atomic mass is 32.1. The van der Waals surface area contributed by atoms with Gasteiger partial charge in [0.25, 0.3) is 0 Å². The Hall–Kier alpha value is -0.570. The van der Waals surface area contributed by atoms with E-state index in [1.54, 1.807) is 11.3 Å². The second-order valence-corrected chi connectivity index (χ2v) is 7.50. The van der Waals surface area contributed by atoms with E-state index < -0.39 is 0 Å². The average Bonchev–Trinajstić information content (AvgIpc) is 2.62. The van der Waals surface area contributed by atoms with Gasteiger partial charge in [-0.25, -0.2) is 4.98 Å². The fourth-order valence-electron chi connectivity index (χ4n) is 5.04. The van der Waals surface area contributed by atoms with Crippen LogP contribution in [-0.4, -0.2) is 4.98 Å². The molecule has 0 aromatic carbocycles. The second kappa shape index (κ2) is 3.47. The van der Waals surface area contributed by atoms with Crippen LogP contribution < -0.4 is 5.73 Å². The summed E-state index contributed by atoms with van der Waals surface area (Å²) in [6, 6.07) is 0. The maximum atomic E-state index is 5.84. The van der Waals surface area contributed by atoms with E-state index in [4.69, 9.17) is 5.73 Å². The van der Waals surface area contributed by atoms with Crippen molar-refractivity contribution in [1.82, 2.24) is 4.98 Å². The summed E-state index contributed by atoms with van der Waals surface area (Å²) in [6.07, 6.45) is 10.1. The summed E-state index contributed by atoms with van der Waals surface area (Å²) >= 11 is 1.63. The van der Waals surface area contributed by atoms with Crippen molar-refractivity contribution in [3.63, 3.8) is 0 Å². The molecule has 0 unspecified atom stereocenters. The number of fused-ring (bicyclic) bond motifs is 1. The molecule has 0 spiro atoms. The molecule has 4 fully saturated rings. The van der Waals surface area contributed by atoms with E-state index in [1.807, 2.05) is 0 Å². The third kappa shape index (κ3) is 1.55. The zero-order valence-electron chi connectivity index (χ0n) is 10.2. The Morgan fingerprint density at radius 2 is 1.76 bits per heavy atom. The number of nitrogens with zero attached hydrogens (tertiary/aromatic N) is 1. The minimum absolute atomic E-state index is 0.418. The summed E-state index contributed by atoms with van der Waals surface area (Å²) in [7, 11) is 0. The summed E-state index contributed by atoms with van der Waals surface area (Å²) < 4.78 is 0. The first-order valence-electron chi connectivity index (χ1n) is 6.95. The molecule has 0 amide bonds. The highest BCUT2D eigenvalue weighted by Crippen LogP contribution is 2.58. The van der Waals surface area contributed by atoms with Gasteiger partial charge in [0.15, 0.2) is 5.13 Å². The number of hydrogen-bond donors (Lipinski definition) is 1. The van der Waals surface area contributed by atoms with Crippen LogP contribution in [0.3, 0.4) is 0 Å². The molecule has 4 saturated carbocycles. The van der Waals surface area contributed by atoms with Crippen LogP contribution in [0, 0.1) is 17.8 Å². The minimum Gasteiger partial charge on any atom is -0.375 e. The zero-order chi connectivity index (χ0) is 11.5. The number of thiazole rings is 1. The van der Waals surface area contributed by atoms with Gasteiger partial charge in [0.1, 0.15) is 0 Å². The van der Waals surface area contributed by atoms with Crippen LogP contribution in [0.5, 0.6) is 0 Å². The van der Waals surface area contributed by atoms with E-state index in [0.717, 1.165) is 22.9 Å². The zero-order valence-corrected chi connectivity index (χ0v) is 11.0. The normalized spacial score (nSPS) is 43.9. The van der Waals surface area contributed by atoms with E-state index in [-0.39, 0.29) is 0 Å². The molecular weight excluding hydrogens is 228 g/mol. The molecule has 2 nitrogen and oxygen atoms in total. The quantitative estimate of drug-likeness (QED) is 0.825. The molecule has 0 aliphatic heterocycles. The SMILES string of the molecule is Nc1nc(C23CC4C[C@@H](CC[C@H](C4)C2)C3)cs1. The van der Waals surface area contributed by atoms with Crippen molar-refractivity contribution in [3.8, 4) is 0 Å². The molecule has 0 radical (unpaired) electrons. The molecular formula is C14H20N2S. The fraction of sp³-hybridized carbons (Fsp3) is 0.786. The second-order valence-electron chi connectivity index (χ2n) is 6.61. The van der Waals surface area contributed by atoms with Gasteiger partial charge in [0.2, 0.25) is 0 Å². The van der Waals surface area contributed by atoms with Gasteiger partial charge in [0.05, 0.1) is 5.69 Å². The standard InChI is InChI=1S/C14H20N2S/c15-13-16-12(8-17-13)14-5-9-1-2-10(6-14)4-11(3-9)7-14/h8-11H,1-7H2,(H2,15,16)/t9-,10-,11?,14?/m1/s1. The van der Waals surface area contributed by atoms with E-state index >= 15 is 0 Å². The maximum Gasteiger partial charge on any atom is 0.180 e. The molecule has 1 aromatic rings. The molecule has 1 heterocycles. The Morgan fingerprint density at radius 1 is 1.12 bits per heavy atom. The molecule has 2 N–H and O–H groups in total. The molecule has 2 atom stereocenters. The van der Waals surface area contributed by atoms with Crippen molar-refractivity contribution in [2.75, 3.05) is 5.73 Å². The van der Waals surface area contributed by atoms with Crippen molar-refractivity contribution < 1.29 is 0 Å². The highest BCUT2D eigenvalue weighted by Gasteiger charge is 2.50. The Morgan fingerprint density at radius 3 is 2.35 bits per heavy atom.